The van der Waals surface area contributed by atoms with Gasteiger partial charge in [-0.15, -0.1) is 0 Å². The zero-order valence-corrected chi connectivity index (χ0v) is 12.0. The van der Waals surface area contributed by atoms with Gasteiger partial charge in [0.15, 0.2) is 0 Å². The minimum Gasteiger partial charge on any atom is -0.310 e. The lowest BCUT2D eigenvalue weighted by molar-refractivity contribution is -0.117. The molecule has 0 aliphatic carbocycles. The molecule has 4 nitrogen and oxygen atoms in total. The number of hydrogen-bond acceptors (Lipinski definition) is 3. The van der Waals surface area contributed by atoms with Crippen LogP contribution in [-0.2, 0) is 13.8 Å². The average molecular weight is 326 g/mol. The second kappa shape index (κ2) is 5.26. The maximum absolute atomic E-state index is 13.2. The fourth-order valence-electron chi connectivity index (χ4n) is 2.10. The molecule has 0 bridgehead atoms. The predicted molar refractivity (Wildman–Crippen MR) is 71.5 cm³/mol. The summed E-state index contributed by atoms with van der Waals surface area (Å²) in [6, 6.07) is 3.69. The molecule has 1 fully saturated rings. The first-order valence-corrected chi connectivity index (χ1v) is 8.29. The lowest BCUT2D eigenvalue weighted by Gasteiger charge is -2.18. The Kier molecular flexibility index (Phi) is 4.03. The van der Waals surface area contributed by atoms with Crippen molar-refractivity contribution in [3.8, 4) is 0 Å². The molecule has 0 spiro atoms. The van der Waals surface area contributed by atoms with Crippen molar-refractivity contribution in [2.24, 2.45) is 5.92 Å². The normalized spacial score (nSPS) is 20.1. The standard InChI is InChI=1S/C11H10Cl2FNO3S/c12-9-2-1-8(14)4-10(9)15-5-7(3-11(15)16)6-19(13,17)18/h1-2,4,7H,3,5-6H2. The van der Waals surface area contributed by atoms with Crippen LogP contribution in [0.3, 0.4) is 0 Å². The first kappa shape index (κ1) is 14.6. The van der Waals surface area contributed by atoms with E-state index in [1.165, 1.54) is 17.0 Å². The first-order chi connectivity index (χ1) is 8.76. The summed E-state index contributed by atoms with van der Waals surface area (Å²) in [6.45, 7) is 0.161. The van der Waals surface area contributed by atoms with Crippen LogP contribution in [0.2, 0.25) is 5.02 Å². The van der Waals surface area contributed by atoms with Crippen molar-refractivity contribution < 1.29 is 17.6 Å². The molecule has 0 radical (unpaired) electrons. The topological polar surface area (TPSA) is 54.5 Å². The van der Waals surface area contributed by atoms with Crippen molar-refractivity contribution in [1.29, 1.82) is 0 Å². The molecule has 1 heterocycles. The predicted octanol–water partition coefficient (Wildman–Crippen LogP) is 2.40. The average Bonchev–Trinajstić information content (AvgIpc) is 2.60. The van der Waals surface area contributed by atoms with Crippen molar-refractivity contribution in [1.82, 2.24) is 0 Å². The molecule has 1 atom stereocenters. The van der Waals surface area contributed by atoms with E-state index in [0.717, 1.165) is 6.07 Å². The molecule has 1 aliphatic heterocycles. The smallest absolute Gasteiger partial charge is 0.232 e. The molecular formula is C11H10Cl2FNO3S. The van der Waals surface area contributed by atoms with E-state index in [2.05, 4.69) is 0 Å². The maximum Gasteiger partial charge on any atom is 0.232 e. The van der Waals surface area contributed by atoms with Crippen molar-refractivity contribution in [2.45, 2.75) is 6.42 Å². The van der Waals surface area contributed by atoms with Crippen molar-refractivity contribution >= 4 is 42.9 Å². The summed E-state index contributed by atoms with van der Waals surface area (Å²) >= 11 is 5.92. The molecule has 0 saturated carbocycles. The Morgan fingerprint density at radius 1 is 1.42 bits per heavy atom. The summed E-state index contributed by atoms with van der Waals surface area (Å²) in [5.41, 5.74) is 0.251. The summed E-state index contributed by atoms with van der Waals surface area (Å²) in [6.07, 6.45) is 0.0544. The summed E-state index contributed by atoms with van der Waals surface area (Å²) in [7, 11) is 1.50. The van der Waals surface area contributed by atoms with Gasteiger partial charge in [-0.25, -0.2) is 12.8 Å². The fourth-order valence-corrected chi connectivity index (χ4v) is 3.64. The van der Waals surface area contributed by atoms with Crippen molar-refractivity contribution in [3.63, 3.8) is 0 Å². The van der Waals surface area contributed by atoms with Crippen molar-refractivity contribution in [2.75, 3.05) is 17.2 Å². The number of amides is 1. The summed E-state index contributed by atoms with van der Waals surface area (Å²) in [4.78, 5) is 13.1. The van der Waals surface area contributed by atoms with Gasteiger partial charge in [0.25, 0.3) is 0 Å². The minimum absolute atomic E-state index is 0.0544. The van der Waals surface area contributed by atoms with E-state index in [-0.39, 0.29) is 35.3 Å². The van der Waals surface area contributed by atoms with Gasteiger partial charge in [0.1, 0.15) is 5.82 Å². The Morgan fingerprint density at radius 3 is 2.74 bits per heavy atom. The third kappa shape index (κ3) is 3.58. The number of halogens is 3. The van der Waals surface area contributed by atoms with Crippen LogP contribution in [0.1, 0.15) is 6.42 Å². The van der Waals surface area contributed by atoms with E-state index in [1.807, 2.05) is 0 Å². The van der Waals surface area contributed by atoms with Crippen LogP contribution in [0, 0.1) is 11.7 Å². The molecule has 0 N–H and O–H groups in total. The number of carbonyl (C=O) groups is 1. The lowest BCUT2D eigenvalue weighted by atomic mass is 10.1. The Labute approximate surface area is 119 Å². The third-order valence-corrected chi connectivity index (χ3v) is 4.41. The number of carbonyl (C=O) groups excluding carboxylic acids is 1. The number of anilines is 1. The number of rotatable bonds is 3. The number of hydrogen-bond donors (Lipinski definition) is 0. The van der Waals surface area contributed by atoms with E-state index in [4.69, 9.17) is 22.3 Å². The highest BCUT2D eigenvalue weighted by atomic mass is 35.7. The Balaban J connectivity index is 2.23. The molecule has 1 amide bonds. The quantitative estimate of drug-likeness (QED) is 0.802. The molecular weight excluding hydrogens is 316 g/mol. The largest absolute Gasteiger partial charge is 0.310 e. The molecule has 1 aromatic rings. The van der Waals surface area contributed by atoms with Crippen LogP contribution < -0.4 is 4.90 Å². The second-order valence-electron chi connectivity index (χ2n) is 4.38. The molecule has 1 saturated heterocycles. The van der Waals surface area contributed by atoms with E-state index in [1.54, 1.807) is 0 Å². The van der Waals surface area contributed by atoms with Crippen LogP contribution in [0.15, 0.2) is 18.2 Å². The number of nitrogens with zero attached hydrogens (tertiary/aromatic N) is 1. The van der Waals surface area contributed by atoms with Gasteiger partial charge in [-0.2, -0.15) is 0 Å². The van der Waals surface area contributed by atoms with Gasteiger partial charge in [0.2, 0.25) is 15.0 Å². The highest BCUT2D eigenvalue weighted by Gasteiger charge is 2.34. The molecule has 19 heavy (non-hydrogen) atoms. The Hall–Kier alpha value is -0.850. The molecule has 104 valence electrons. The van der Waals surface area contributed by atoms with E-state index >= 15 is 0 Å². The van der Waals surface area contributed by atoms with E-state index in [0.29, 0.717) is 0 Å². The number of benzene rings is 1. The van der Waals surface area contributed by atoms with Gasteiger partial charge < -0.3 is 4.90 Å². The van der Waals surface area contributed by atoms with Crippen LogP contribution in [0.4, 0.5) is 10.1 Å². The molecule has 2 rings (SSSR count). The van der Waals surface area contributed by atoms with Crippen LogP contribution in [0.5, 0.6) is 0 Å². The summed E-state index contributed by atoms with van der Waals surface area (Å²) < 4.78 is 35.2. The zero-order valence-electron chi connectivity index (χ0n) is 9.64. The molecule has 1 aliphatic rings. The van der Waals surface area contributed by atoms with Gasteiger partial charge in [-0.3, -0.25) is 4.79 Å². The molecule has 0 aromatic heterocycles. The summed E-state index contributed by atoms with van der Waals surface area (Å²) in [5.74, 6) is -1.50. The van der Waals surface area contributed by atoms with Crippen LogP contribution >= 0.6 is 22.3 Å². The fraction of sp³-hybridized carbons (Fsp3) is 0.364. The monoisotopic (exact) mass is 325 g/mol. The van der Waals surface area contributed by atoms with Gasteiger partial charge in [-0.05, 0) is 18.2 Å². The van der Waals surface area contributed by atoms with E-state index < -0.39 is 20.8 Å². The molecule has 8 heteroatoms. The van der Waals surface area contributed by atoms with Crippen LogP contribution in [0.25, 0.3) is 0 Å². The van der Waals surface area contributed by atoms with Crippen LogP contribution in [-0.4, -0.2) is 26.6 Å². The SMILES string of the molecule is O=C1CC(CS(=O)(=O)Cl)CN1c1cc(F)ccc1Cl. The highest BCUT2D eigenvalue weighted by molar-refractivity contribution is 8.13. The zero-order chi connectivity index (χ0) is 14.2. The van der Waals surface area contributed by atoms with E-state index in [9.17, 15) is 17.6 Å². The summed E-state index contributed by atoms with van der Waals surface area (Å²) in [5, 5.41) is 0.240. The van der Waals surface area contributed by atoms with Gasteiger partial charge in [0.05, 0.1) is 16.5 Å². The van der Waals surface area contributed by atoms with Gasteiger partial charge in [0, 0.05) is 29.6 Å². The maximum atomic E-state index is 13.2. The highest BCUT2D eigenvalue weighted by Crippen LogP contribution is 2.32. The Bertz CT molecular complexity index is 620. The Morgan fingerprint density at radius 2 is 2.11 bits per heavy atom. The minimum atomic E-state index is -3.67. The second-order valence-corrected chi connectivity index (χ2v) is 7.60. The first-order valence-electron chi connectivity index (χ1n) is 5.44. The van der Waals surface area contributed by atoms with Crippen molar-refractivity contribution in [3.05, 3.63) is 29.0 Å². The lowest BCUT2D eigenvalue weighted by Crippen LogP contribution is -2.25. The molecule has 1 unspecified atom stereocenters. The third-order valence-electron chi connectivity index (χ3n) is 2.84. The van der Waals surface area contributed by atoms with Gasteiger partial charge in [-0.1, -0.05) is 11.6 Å². The van der Waals surface area contributed by atoms with Gasteiger partial charge >= 0.3 is 0 Å². The molecule has 1 aromatic carbocycles.